The summed E-state index contributed by atoms with van der Waals surface area (Å²) in [6.07, 6.45) is 4.33. The highest BCUT2D eigenvalue weighted by Crippen LogP contribution is 2.40. The van der Waals surface area contributed by atoms with E-state index in [0.717, 1.165) is 70.5 Å². The Morgan fingerprint density at radius 3 is 2.06 bits per heavy atom. The smallest absolute Gasteiger partial charge is 0.128 e. The van der Waals surface area contributed by atoms with Crippen molar-refractivity contribution in [3.8, 4) is 0 Å². The van der Waals surface area contributed by atoms with Gasteiger partial charge in [0, 0.05) is 50.4 Å². The lowest BCUT2D eigenvalue weighted by Crippen LogP contribution is -2.44. The van der Waals surface area contributed by atoms with Crippen molar-refractivity contribution in [1.29, 1.82) is 0 Å². The topological polar surface area (TPSA) is 18.5 Å². The number of rotatable bonds is 6. The summed E-state index contributed by atoms with van der Waals surface area (Å²) in [4.78, 5) is 4.93. The lowest BCUT2D eigenvalue weighted by atomic mass is 9.87. The molecule has 2 aromatic rings. The van der Waals surface area contributed by atoms with Crippen LogP contribution in [-0.4, -0.2) is 43.0 Å². The molecule has 7 heteroatoms. The van der Waals surface area contributed by atoms with E-state index >= 15 is 0 Å². The molecule has 2 aliphatic rings. The summed E-state index contributed by atoms with van der Waals surface area (Å²) in [6.45, 7) is 6.30. The van der Waals surface area contributed by atoms with Crippen molar-refractivity contribution in [1.82, 2.24) is 15.1 Å². The van der Waals surface area contributed by atoms with Crippen LogP contribution in [0.3, 0.4) is 0 Å². The third-order valence-corrected chi connectivity index (χ3v) is 6.57. The highest BCUT2D eigenvalue weighted by molar-refractivity contribution is 5.86. The molecule has 2 aromatic carbocycles. The number of hydrogen-bond acceptors (Lipinski definition) is 3. The first kappa shape index (κ1) is 28.2. The number of piperazine rings is 1. The minimum absolute atomic E-state index is 0. The number of likely N-dealkylation sites (N-methyl/N-ethyl adjacent to an activating group) is 1. The first-order valence-electron chi connectivity index (χ1n) is 10.6. The summed E-state index contributed by atoms with van der Waals surface area (Å²) < 4.78 is 14.6. The molecule has 0 unspecified atom stereocenters. The number of benzene rings is 2. The van der Waals surface area contributed by atoms with E-state index in [2.05, 4.69) is 46.4 Å². The van der Waals surface area contributed by atoms with Crippen molar-refractivity contribution in [2.75, 3.05) is 33.2 Å². The quantitative estimate of drug-likeness (QED) is 0.585. The molecule has 0 amide bonds. The third kappa shape index (κ3) is 6.80. The van der Waals surface area contributed by atoms with Gasteiger partial charge in [-0.1, -0.05) is 55.3 Å². The molecule has 1 N–H and O–H groups in total. The highest BCUT2D eigenvalue weighted by atomic mass is 35.5. The van der Waals surface area contributed by atoms with Gasteiger partial charge in [0.25, 0.3) is 0 Å². The Morgan fingerprint density at radius 1 is 0.839 bits per heavy atom. The first-order chi connectivity index (χ1) is 13.7. The van der Waals surface area contributed by atoms with Crippen molar-refractivity contribution < 1.29 is 4.39 Å². The minimum atomic E-state index is -0.230. The van der Waals surface area contributed by atoms with Gasteiger partial charge >= 0.3 is 0 Å². The molecule has 0 radical (unpaired) electrons. The van der Waals surface area contributed by atoms with Crippen LogP contribution >= 0.6 is 37.2 Å². The molecule has 0 aromatic heterocycles. The third-order valence-electron chi connectivity index (χ3n) is 6.57. The van der Waals surface area contributed by atoms with Gasteiger partial charge in [0.2, 0.25) is 0 Å². The van der Waals surface area contributed by atoms with E-state index in [1.54, 1.807) is 12.1 Å². The summed E-state index contributed by atoms with van der Waals surface area (Å²) in [7, 11) is 2.19. The molecule has 0 atom stereocenters. The predicted molar refractivity (Wildman–Crippen MR) is 134 cm³/mol. The highest BCUT2D eigenvalue weighted by Gasteiger charge is 2.37. The summed E-state index contributed by atoms with van der Waals surface area (Å²) >= 11 is 0. The lowest BCUT2D eigenvalue weighted by molar-refractivity contribution is 0.148. The van der Waals surface area contributed by atoms with Gasteiger partial charge in [-0.25, -0.2) is 4.39 Å². The molecule has 3 nitrogen and oxygen atoms in total. The Morgan fingerprint density at radius 2 is 1.42 bits per heavy atom. The molecule has 0 spiro atoms. The molecule has 31 heavy (non-hydrogen) atoms. The maximum absolute atomic E-state index is 14.6. The van der Waals surface area contributed by atoms with Crippen LogP contribution in [0.2, 0.25) is 0 Å². The van der Waals surface area contributed by atoms with Gasteiger partial charge in [0.1, 0.15) is 5.82 Å². The summed E-state index contributed by atoms with van der Waals surface area (Å²) in [5, 5.41) is 3.79. The fourth-order valence-corrected chi connectivity index (χ4v) is 4.76. The Hall–Kier alpha value is -0.880. The van der Waals surface area contributed by atoms with Gasteiger partial charge in [-0.15, -0.1) is 37.2 Å². The molecule has 1 heterocycles. The molecule has 1 saturated carbocycles. The Bertz CT molecular complexity index is 791. The van der Waals surface area contributed by atoms with Crippen LogP contribution in [0.1, 0.15) is 42.4 Å². The van der Waals surface area contributed by atoms with Gasteiger partial charge in [-0.2, -0.15) is 0 Å². The molecule has 174 valence electrons. The van der Waals surface area contributed by atoms with E-state index in [1.807, 2.05) is 12.1 Å². The predicted octanol–water partition coefficient (Wildman–Crippen LogP) is 5.40. The van der Waals surface area contributed by atoms with E-state index < -0.39 is 0 Å². The molecular weight excluding hydrogens is 456 g/mol. The van der Waals surface area contributed by atoms with Crippen molar-refractivity contribution >= 4 is 37.2 Å². The number of halogens is 4. The van der Waals surface area contributed by atoms with Crippen LogP contribution in [0.25, 0.3) is 0 Å². The second-order valence-corrected chi connectivity index (χ2v) is 8.47. The van der Waals surface area contributed by atoms with Crippen LogP contribution in [-0.2, 0) is 18.6 Å². The zero-order valence-corrected chi connectivity index (χ0v) is 20.6. The second kappa shape index (κ2) is 13.0. The van der Waals surface area contributed by atoms with Crippen LogP contribution < -0.4 is 5.32 Å². The number of nitrogens with zero attached hydrogens (tertiary/aromatic N) is 2. The molecule has 1 saturated heterocycles. The Kier molecular flexibility index (Phi) is 11.8. The lowest BCUT2D eigenvalue weighted by Gasteiger charge is -2.34. The molecule has 1 aliphatic heterocycles. The van der Waals surface area contributed by atoms with E-state index in [-0.39, 0.29) is 48.6 Å². The normalized spacial score (nSPS) is 18.5. The van der Waals surface area contributed by atoms with Gasteiger partial charge in [0.05, 0.1) is 0 Å². The molecule has 1 aliphatic carbocycles. The maximum Gasteiger partial charge on any atom is 0.128 e. The standard InChI is InChI=1S/C24H32FN3.3ClH/c1-27-14-16-28(17-15-27)19-21-9-3-2-8-20(21)18-26-24(12-6-7-13-24)22-10-4-5-11-23(22)25;;;/h2-5,8-11,26H,6-7,12-19H2,1H3;3*1H. The van der Waals surface area contributed by atoms with Gasteiger partial charge in [-0.05, 0) is 37.1 Å². The summed E-state index contributed by atoms with van der Waals surface area (Å²) in [5.74, 6) is -0.0809. The zero-order valence-electron chi connectivity index (χ0n) is 18.2. The fourth-order valence-electron chi connectivity index (χ4n) is 4.76. The van der Waals surface area contributed by atoms with Gasteiger partial charge in [-0.3, -0.25) is 4.90 Å². The maximum atomic E-state index is 14.6. The fraction of sp³-hybridized carbons (Fsp3) is 0.500. The van der Waals surface area contributed by atoms with Gasteiger partial charge in [0.15, 0.2) is 0 Å². The van der Waals surface area contributed by atoms with Crippen molar-refractivity contribution in [3.63, 3.8) is 0 Å². The Labute approximate surface area is 205 Å². The number of nitrogens with one attached hydrogen (secondary N) is 1. The van der Waals surface area contributed by atoms with Crippen LogP contribution in [0.4, 0.5) is 4.39 Å². The second-order valence-electron chi connectivity index (χ2n) is 8.47. The van der Waals surface area contributed by atoms with E-state index in [9.17, 15) is 4.39 Å². The van der Waals surface area contributed by atoms with E-state index in [4.69, 9.17) is 0 Å². The molecule has 0 bridgehead atoms. The number of hydrogen-bond donors (Lipinski definition) is 1. The average molecular weight is 491 g/mol. The minimum Gasteiger partial charge on any atom is -0.304 e. The first-order valence-corrected chi connectivity index (χ1v) is 10.6. The van der Waals surface area contributed by atoms with Crippen molar-refractivity contribution in [3.05, 3.63) is 71.0 Å². The molecular formula is C24H35Cl3FN3. The average Bonchev–Trinajstić information content (AvgIpc) is 3.19. The van der Waals surface area contributed by atoms with Crippen molar-refractivity contribution in [2.24, 2.45) is 0 Å². The van der Waals surface area contributed by atoms with Crippen molar-refractivity contribution in [2.45, 2.75) is 44.3 Å². The van der Waals surface area contributed by atoms with Crippen LogP contribution in [0.5, 0.6) is 0 Å². The van der Waals surface area contributed by atoms with E-state index in [0.29, 0.717) is 0 Å². The monoisotopic (exact) mass is 489 g/mol. The van der Waals surface area contributed by atoms with Crippen LogP contribution in [0, 0.1) is 5.82 Å². The Balaban J connectivity index is 0.00000160. The van der Waals surface area contributed by atoms with Crippen LogP contribution in [0.15, 0.2) is 48.5 Å². The molecule has 2 fully saturated rings. The summed E-state index contributed by atoms with van der Waals surface area (Å²) in [6, 6.07) is 16.0. The summed E-state index contributed by atoms with van der Waals surface area (Å²) in [5.41, 5.74) is 3.33. The van der Waals surface area contributed by atoms with E-state index in [1.165, 1.54) is 11.1 Å². The zero-order chi connectivity index (χ0) is 19.4. The molecule has 4 rings (SSSR count). The van der Waals surface area contributed by atoms with Gasteiger partial charge < -0.3 is 10.2 Å². The SMILES string of the molecule is CN1CCN(Cc2ccccc2CNC2(c3ccccc3F)CCCC2)CC1.Cl.Cl.Cl. The largest absolute Gasteiger partial charge is 0.304 e.